The quantitative estimate of drug-likeness (QED) is 0.733. The number of carbonyl (C=O) groups is 2. The van der Waals surface area contributed by atoms with Crippen LogP contribution in [0.1, 0.15) is 26.3 Å². The molecule has 10 heteroatoms. The minimum Gasteiger partial charge on any atom is -0.391 e. The zero-order chi connectivity index (χ0) is 19.6. The number of nitrogens with zero attached hydrogens (tertiary/aromatic N) is 6. The van der Waals surface area contributed by atoms with Crippen molar-refractivity contribution in [3.05, 3.63) is 24.9 Å². The lowest BCUT2D eigenvalue weighted by molar-refractivity contribution is -0.142. The predicted octanol–water partition coefficient (Wildman–Crippen LogP) is -0.360. The largest absolute Gasteiger partial charge is 0.391 e. The van der Waals surface area contributed by atoms with Gasteiger partial charge in [0, 0.05) is 38.0 Å². The summed E-state index contributed by atoms with van der Waals surface area (Å²) < 4.78 is 1.50. The molecular formula is C17H23N7O3. The van der Waals surface area contributed by atoms with Crippen molar-refractivity contribution in [3.8, 4) is 11.3 Å². The van der Waals surface area contributed by atoms with Gasteiger partial charge in [-0.15, -0.1) is 5.10 Å². The molecule has 0 aliphatic carbocycles. The van der Waals surface area contributed by atoms with E-state index in [4.69, 9.17) is 0 Å². The molecule has 144 valence electrons. The Labute approximate surface area is 156 Å². The summed E-state index contributed by atoms with van der Waals surface area (Å²) in [5, 5.41) is 20.8. The summed E-state index contributed by atoms with van der Waals surface area (Å²) in [6.45, 7) is 3.92. The fourth-order valence-corrected chi connectivity index (χ4v) is 3.32. The summed E-state index contributed by atoms with van der Waals surface area (Å²) in [6, 6.07) is -1.34. The highest BCUT2D eigenvalue weighted by Crippen LogP contribution is 2.27. The van der Waals surface area contributed by atoms with Crippen LogP contribution < -0.4 is 5.32 Å². The van der Waals surface area contributed by atoms with Crippen molar-refractivity contribution in [2.45, 2.75) is 38.5 Å². The lowest BCUT2D eigenvalue weighted by Gasteiger charge is -2.29. The summed E-state index contributed by atoms with van der Waals surface area (Å²) in [7, 11) is 1.52. The van der Waals surface area contributed by atoms with Crippen molar-refractivity contribution >= 4 is 11.8 Å². The first-order valence-electron chi connectivity index (χ1n) is 8.79. The fourth-order valence-electron chi connectivity index (χ4n) is 3.32. The Hall–Kier alpha value is -2.88. The van der Waals surface area contributed by atoms with E-state index < -0.39 is 18.2 Å². The van der Waals surface area contributed by atoms with Crippen LogP contribution in [0.5, 0.6) is 0 Å². The number of amides is 2. The number of β-amino-alcohol motifs (C(OH)–C–C–N with tert-alkyl or cyclic N) is 1. The molecule has 0 aromatic carbocycles. The van der Waals surface area contributed by atoms with Crippen LogP contribution in [-0.2, 0) is 9.59 Å². The van der Waals surface area contributed by atoms with E-state index in [9.17, 15) is 14.7 Å². The Morgan fingerprint density at radius 1 is 1.30 bits per heavy atom. The number of hydrogen-bond donors (Lipinski definition) is 2. The molecule has 2 amide bonds. The molecule has 10 nitrogen and oxygen atoms in total. The van der Waals surface area contributed by atoms with Crippen LogP contribution in [0.2, 0.25) is 0 Å². The Morgan fingerprint density at radius 2 is 2.00 bits per heavy atom. The van der Waals surface area contributed by atoms with E-state index in [1.165, 1.54) is 23.0 Å². The Bertz CT molecular complexity index is 808. The molecule has 1 unspecified atom stereocenters. The molecule has 0 saturated carbocycles. The molecule has 3 rings (SSSR count). The van der Waals surface area contributed by atoms with Crippen molar-refractivity contribution in [2.75, 3.05) is 13.6 Å². The highest BCUT2D eigenvalue weighted by molar-refractivity contribution is 5.90. The number of aromatic nitrogens is 5. The summed E-state index contributed by atoms with van der Waals surface area (Å²) in [5.41, 5.74) is 1.25. The number of nitrogens with one attached hydrogen (secondary N) is 1. The van der Waals surface area contributed by atoms with Crippen LogP contribution in [0.4, 0.5) is 0 Å². The van der Waals surface area contributed by atoms with Crippen molar-refractivity contribution in [3.63, 3.8) is 0 Å². The first kappa shape index (κ1) is 18.9. The van der Waals surface area contributed by atoms with Gasteiger partial charge in [-0.3, -0.25) is 9.59 Å². The number of likely N-dealkylation sites (N-methyl/N-ethyl adjacent to an activating group) is 1. The monoisotopic (exact) mass is 373 g/mol. The van der Waals surface area contributed by atoms with Gasteiger partial charge in [0.05, 0.1) is 12.3 Å². The van der Waals surface area contributed by atoms with Crippen LogP contribution >= 0.6 is 0 Å². The van der Waals surface area contributed by atoms with Crippen molar-refractivity contribution in [2.24, 2.45) is 5.92 Å². The molecule has 1 fully saturated rings. The van der Waals surface area contributed by atoms with Crippen LogP contribution in [0.15, 0.2) is 24.9 Å². The van der Waals surface area contributed by atoms with E-state index in [0.29, 0.717) is 11.3 Å². The maximum Gasteiger partial charge on any atom is 0.248 e. The van der Waals surface area contributed by atoms with Gasteiger partial charge in [-0.2, -0.15) is 0 Å². The molecule has 0 radical (unpaired) electrons. The van der Waals surface area contributed by atoms with Crippen LogP contribution in [0, 0.1) is 5.92 Å². The molecule has 2 aromatic heterocycles. The zero-order valence-electron chi connectivity index (χ0n) is 15.5. The average molecular weight is 373 g/mol. The van der Waals surface area contributed by atoms with E-state index in [0.717, 1.165) is 0 Å². The topological polar surface area (TPSA) is 126 Å². The predicted molar refractivity (Wildman–Crippen MR) is 95.1 cm³/mol. The summed E-state index contributed by atoms with van der Waals surface area (Å²) in [6.07, 6.45) is 5.82. The molecule has 0 bridgehead atoms. The van der Waals surface area contributed by atoms with Crippen molar-refractivity contribution in [1.82, 2.24) is 35.2 Å². The molecule has 1 aliphatic heterocycles. The van der Waals surface area contributed by atoms with Crippen LogP contribution in [-0.4, -0.2) is 72.5 Å². The van der Waals surface area contributed by atoms with E-state index in [-0.39, 0.29) is 30.7 Å². The maximum absolute atomic E-state index is 13.2. The van der Waals surface area contributed by atoms with Gasteiger partial charge in [0.15, 0.2) is 0 Å². The van der Waals surface area contributed by atoms with Gasteiger partial charge in [0.1, 0.15) is 24.1 Å². The second-order valence-corrected chi connectivity index (χ2v) is 6.91. The minimum absolute atomic E-state index is 0.0952. The first-order chi connectivity index (χ1) is 12.9. The molecule has 3 heterocycles. The summed E-state index contributed by atoms with van der Waals surface area (Å²) >= 11 is 0. The number of rotatable bonds is 5. The van der Waals surface area contributed by atoms with Gasteiger partial charge in [0.2, 0.25) is 11.8 Å². The minimum atomic E-state index is -0.725. The van der Waals surface area contributed by atoms with Crippen LogP contribution in [0.25, 0.3) is 11.3 Å². The van der Waals surface area contributed by atoms with E-state index >= 15 is 0 Å². The highest BCUT2D eigenvalue weighted by atomic mass is 16.3. The lowest BCUT2D eigenvalue weighted by atomic mass is 10.0. The van der Waals surface area contributed by atoms with Gasteiger partial charge in [0.25, 0.3) is 0 Å². The van der Waals surface area contributed by atoms with E-state index in [1.807, 2.05) is 13.8 Å². The van der Waals surface area contributed by atoms with E-state index in [1.54, 1.807) is 18.6 Å². The number of hydrogen-bond acceptors (Lipinski definition) is 7. The standard InChI is InChI=1S/C17H23N7O3/c1-10(2)15(17(27)23-7-12(25)4-14(23)16(26)18-3)24-8-13(21-22-24)11-5-19-9-20-6-11/h5-6,8-10,12,14-15,25H,4,7H2,1-3H3,(H,18,26)/t12-,14+,15?/m1/s1. The average Bonchev–Trinajstić information content (AvgIpc) is 3.28. The summed E-state index contributed by atoms with van der Waals surface area (Å²) in [4.78, 5) is 34.7. The summed E-state index contributed by atoms with van der Waals surface area (Å²) in [5.74, 6) is -0.652. The lowest BCUT2D eigenvalue weighted by Crippen LogP contribution is -2.48. The van der Waals surface area contributed by atoms with Crippen LogP contribution in [0.3, 0.4) is 0 Å². The van der Waals surface area contributed by atoms with Crippen molar-refractivity contribution < 1.29 is 14.7 Å². The molecule has 0 spiro atoms. The number of carbonyl (C=O) groups excluding carboxylic acids is 2. The Kier molecular flexibility index (Phi) is 5.45. The fraction of sp³-hybridized carbons (Fsp3) is 0.529. The molecule has 2 N–H and O–H groups in total. The molecular weight excluding hydrogens is 350 g/mol. The number of aliphatic hydroxyl groups excluding tert-OH is 1. The second kappa shape index (κ2) is 7.78. The molecule has 2 aromatic rings. The number of likely N-dealkylation sites (tertiary alicyclic amines) is 1. The van der Waals surface area contributed by atoms with Gasteiger partial charge < -0.3 is 15.3 Å². The first-order valence-corrected chi connectivity index (χ1v) is 8.79. The second-order valence-electron chi connectivity index (χ2n) is 6.91. The Morgan fingerprint density at radius 3 is 2.63 bits per heavy atom. The Balaban J connectivity index is 1.88. The van der Waals surface area contributed by atoms with E-state index in [2.05, 4.69) is 25.6 Å². The third kappa shape index (κ3) is 3.80. The molecule has 1 saturated heterocycles. The highest BCUT2D eigenvalue weighted by Gasteiger charge is 2.42. The third-order valence-electron chi connectivity index (χ3n) is 4.65. The molecule has 27 heavy (non-hydrogen) atoms. The van der Waals surface area contributed by atoms with Gasteiger partial charge in [-0.25, -0.2) is 14.6 Å². The number of aliphatic hydroxyl groups is 1. The molecule has 1 aliphatic rings. The SMILES string of the molecule is CNC(=O)[C@@H]1C[C@@H](O)CN1C(=O)C(C(C)C)n1cc(-c2cncnc2)nn1. The molecule has 3 atom stereocenters. The third-order valence-corrected chi connectivity index (χ3v) is 4.65. The van der Waals surface area contributed by atoms with Gasteiger partial charge >= 0.3 is 0 Å². The maximum atomic E-state index is 13.2. The smallest absolute Gasteiger partial charge is 0.248 e. The van der Waals surface area contributed by atoms with Gasteiger partial charge in [-0.1, -0.05) is 19.1 Å². The van der Waals surface area contributed by atoms with Gasteiger partial charge in [-0.05, 0) is 5.92 Å². The van der Waals surface area contributed by atoms with Crippen molar-refractivity contribution in [1.29, 1.82) is 0 Å². The zero-order valence-corrected chi connectivity index (χ0v) is 15.5. The normalized spacial score (nSPS) is 20.7.